The molecular formula is C14H24BrN3O2S. The van der Waals surface area contributed by atoms with Crippen molar-refractivity contribution in [2.24, 2.45) is 0 Å². The Morgan fingerprint density at radius 1 is 1.33 bits per heavy atom. The van der Waals surface area contributed by atoms with Crippen molar-refractivity contribution >= 4 is 31.6 Å². The molecule has 120 valence electrons. The number of hydrogen-bond donors (Lipinski definition) is 2. The highest BCUT2D eigenvalue weighted by Gasteiger charge is 2.17. The van der Waals surface area contributed by atoms with Gasteiger partial charge in [-0.05, 0) is 74.4 Å². The fourth-order valence-electron chi connectivity index (χ4n) is 1.75. The van der Waals surface area contributed by atoms with E-state index < -0.39 is 10.0 Å². The van der Waals surface area contributed by atoms with Crippen molar-refractivity contribution in [3.63, 3.8) is 0 Å². The molecule has 1 aromatic rings. The molecule has 0 fully saturated rings. The average Bonchev–Trinajstić information content (AvgIpc) is 2.40. The van der Waals surface area contributed by atoms with E-state index in [9.17, 15) is 8.42 Å². The third-order valence-electron chi connectivity index (χ3n) is 3.36. The van der Waals surface area contributed by atoms with Crippen LogP contribution in [0.3, 0.4) is 0 Å². The van der Waals surface area contributed by atoms with Crippen LogP contribution in [0.1, 0.15) is 26.7 Å². The molecule has 0 saturated heterocycles. The zero-order chi connectivity index (χ0) is 16.0. The fourth-order valence-corrected chi connectivity index (χ4v) is 3.83. The average molecular weight is 378 g/mol. The molecule has 0 atom stereocenters. The van der Waals surface area contributed by atoms with Crippen LogP contribution in [-0.4, -0.2) is 39.5 Å². The first-order valence-corrected chi connectivity index (χ1v) is 9.26. The van der Waals surface area contributed by atoms with Crippen LogP contribution in [0.25, 0.3) is 0 Å². The zero-order valence-corrected chi connectivity index (χ0v) is 15.2. The Hall–Kier alpha value is -0.630. The van der Waals surface area contributed by atoms with Gasteiger partial charge in [-0.15, -0.1) is 0 Å². The predicted octanol–water partition coefficient (Wildman–Crippen LogP) is 2.43. The number of halogens is 1. The molecule has 0 radical (unpaired) electrons. The molecule has 0 unspecified atom stereocenters. The zero-order valence-electron chi connectivity index (χ0n) is 12.8. The lowest BCUT2D eigenvalue weighted by Gasteiger charge is -2.20. The molecular weight excluding hydrogens is 354 g/mol. The Morgan fingerprint density at radius 3 is 2.62 bits per heavy atom. The molecule has 0 bridgehead atoms. The number of rotatable bonds is 8. The molecule has 0 amide bonds. The molecule has 1 aromatic carbocycles. The molecule has 1 rings (SSSR count). The number of unbranched alkanes of at least 4 members (excludes halogenated alkanes) is 1. The van der Waals surface area contributed by atoms with Gasteiger partial charge in [-0.1, -0.05) is 0 Å². The topological polar surface area (TPSA) is 75.4 Å². The molecule has 0 aliphatic heterocycles. The summed E-state index contributed by atoms with van der Waals surface area (Å²) < 4.78 is 27.5. The van der Waals surface area contributed by atoms with Gasteiger partial charge < -0.3 is 10.6 Å². The molecule has 0 spiro atoms. The Kier molecular flexibility index (Phi) is 7.12. The molecule has 21 heavy (non-hydrogen) atoms. The van der Waals surface area contributed by atoms with Crippen LogP contribution >= 0.6 is 15.9 Å². The Balaban J connectivity index is 2.49. The van der Waals surface area contributed by atoms with E-state index >= 15 is 0 Å². The largest absolute Gasteiger partial charge is 0.399 e. The maximum atomic E-state index is 12.2. The first kappa shape index (κ1) is 18.4. The summed E-state index contributed by atoms with van der Waals surface area (Å²) in [6.45, 7) is 5.66. The van der Waals surface area contributed by atoms with Gasteiger partial charge in [0.1, 0.15) is 0 Å². The van der Waals surface area contributed by atoms with Crippen molar-refractivity contribution in [3.8, 4) is 0 Å². The van der Waals surface area contributed by atoms with Gasteiger partial charge in [0.15, 0.2) is 0 Å². The maximum Gasteiger partial charge on any atom is 0.241 e. The van der Waals surface area contributed by atoms with Gasteiger partial charge in [0.2, 0.25) is 10.0 Å². The van der Waals surface area contributed by atoms with Crippen molar-refractivity contribution in [2.75, 3.05) is 25.9 Å². The predicted molar refractivity (Wildman–Crippen MR) is 90.7 cm³/mol. The highest BCUT2D eigenvalue weighted by molar-refractivity contribution is 9.10. The van der Waals surface area contributed by atoms with E-state index in [1.165, 1.54) is 6.07 Å². The lowest BCUT2D eigenvalue weighted by Crippen LogP contribution is -2.29. The van der Waals surface area contributed by atoms with Crippen LogP contribution in [0.15, 0.2) is 27.6 Å². The van der Waals surface area contributed by atoms with Crippen LogP contribution in [0.5, 0.6) is 0 Å². The lowest BCUT2D eigenvalue weighted by atomic mass is 10.2. The second-order valence-corrected chi connectivity index (χ2v) is 7.96. The van der Waals surface area contributed by atoms with Crippen LogP contribution in [-0.2, 0) is 10.0 Å². The highest BCUT2D eigenvalue weighted by atomic mass is 79.9. The molecule has 7 heteroatoms. The van der Waals surface area contributed by atoms with Gasteiger partial charge in [-0.3, -0.25) is 0 Å². The number of nitrogens with zero attached hydrogens (tertiary/aromatic N) is 1. The summed E-state index contributed by atoms with van der Waals surface area (Å²) in [5.41, 5.74) is 6.07. The van der Waals surface area contributed by atoms with E-state index in [-0.39, 0.29) is 4.90 Å². The summed E-state index contributed by atoms with van der Waals surface area (Å²) in [7, 11) is -1.45. The monoisotopic (exact) mass is 377 g/mol. The molecule has 5 nitrogen and oxygen atoms in total. The summed E-state index contributed by atoms with van der Waals surface area (Å²) in [5, 5.41) is 0. The summed E-state index contributed by atoms with van der Waals surface area (Å²) >= 11 is 3.24. The van der Waals surface area contributed by atoms with E-state index in [2.05, 4.69) is 46.4 Å². The Morgan fingerprint density at radius 2 is 2.00 bits per heavy atom. The fraction of sp³-hybridized carbons (Fsp3) is 0.571. The highest BCUT2D eigenvalue weighted by Crippen LogP contribution is 2.23. The second-order valence-electron chi connectivity index (χ2n) is 5.37. The van der Waals surface area contributed by atoms with Gasteiger partial charge >= 0.3 is 0 Å². The minimum absolute atomic E-state index is 0.182. The number of sulfonamides is 1. The molecule has 0 heterocycles. The van der Waals surface area contributed by atoms with E-state index in [1.807, 2.05) is 0 Å². The van der Waals surface area contributed by atoms with Crippen LogP contribution in [0, 0.1) is 0 Å². The number of benzene rings is 1. The first-order chi connectivity index (χ1) is 9.74. The number of hydrogen-bond acceptors (Lipinski definition) is 4. The smallest absolute Gasteiger partial charge is 0.241 e. The van der Waals surface area contributed by atoms with Gasteiger partial charge in [0.05, 0.1) is 4.90 Å². The van der Waals surface area contributed by atoms with E-state index in [0.29, 0.717) is 22.7 Å². The quantitative estimate of drug-likeness (QED) is 0.538. The van der Waals surface area contributed by atoms with E-state index in [4.69, 9.17) is 5.73 Å². The maximum absolute atomic E-state index is 12.2. The van der Waals surface area contributed by atoms with Crippen LogP contribution in [0.4, 0.5) is 5.69 Å². The van der Waals surface area contributed by atoms with Crippen LogP contribution < -0.4 is 10.5 Å². The van der Waals surface area contributed by atoms with Crippen molar-refractivity contribution in [3.05, 3.63) is 22.7 Å². The summed E-state index contributed by atoms with van der Waals surface area (Å²) in [4.78, 5) is 2.42. The van der Waals surface area contributed by atoms with Crippen molar-refractivity contribution in [1.82, 2.24) is 9.62 Å². The third kappa shape index (κ3) is 5.94. The number of nitrogens with two attached hydrogens (primary N) is 1. The lowest BCUT2D eigenvalue weighted by molar-refractivity contribution is 0.268. The van der Waals surface area contributed by atoms with Crippen molar-refractivity contribution < 1.29 is 8.42 Å². The minimum atomic E-state index is -3.52. The molecule has 0 saturated carbocycles. The Bertz CT molecular complexity index is 561. The van der Waals surface area contributed by atoms with Gasteiger partial charge in [-0.2, -0.15) is 0 Å². The van der Waals surface area contributed by atoms with E-state index in [0.717, 1.165) is 19.4 Å². The van der Waals surface area contributed by atoms with Crippen LogP contribution in [0.2, 0.25) is 0 Å². The van der Waals surface area contributed by atoms with Gasteiger partial charge in [-0.25, -0.2) is 13.1 Å². The van der Waals surface area contributed by atoms with E-state index in [1.54, 1.807) is 12.1 Å². The summed E-state index contributed by atoms with van der Waals surface area (Å²) in [5.74, 6) is 0. The van der Waals surface area contributed by atoms with Crippen molar-refractivity contribution in [1.29, 1.82) is 0 Å². The number of nitrogens with one attached hydrogen (secondary N) is 1. The molecule has 0 aliphatic rings. The number of nitrogen functional groups attached to an aromatic ring is 1. The minimum Gasteiger partial charge on any atom is -0.399 e. The number of anilines is 1. The summed E-state index contributed by atoms with van der Waals surface area (Å²) in [6.07, 6.45) is 1.76. The molecule has 3 N–H and O–H groups in total. The SMILES string of the molecule is CC(C)N(C)CCCCNS(=O)(=O)c1cc(N)ccc1Br. The van der Waals surface area contributed by atoms with Crippen molar-refractivity contribution in [2.45, 2.75) is 37.6 Å². The standard InChI is InChI=1S/C14H24BrN3O2S/c1-11(2)18(3)9-5-4-8-17-21(19,20)14-10-12(16)6-7-13(14)15/h6-7,10-11,17H,4-5,8-9,16H2,1-3H3. The first-order valence-electron chi connectivity index (χ1n) is 6.99. The molecule has 0 aromatic heterocycles. The normalized spacial score (nSPS) is 12.3. The van der Waals surface area contributed by atoms with Gasteiger partial charge in [0, 0.05) is 22.7 Å². The second kappa shape index (κ2) is 8.12. The third-order valence-corrected chi connectivity index (χ3v) is 5.81. The summed E-state index contributed by atoms with van der Waals surface area (Å²) in [6, 6.07) is 5.26. The Labute approximate surface area is 136 Å². The molecule has 0 aliphatic carbocycles. The van der Waals surface area contributed by atoms with Gasteiger partial charge in [0.25, 0.3) is 0 Å².